The number of methoxy groups -OCH3 is 2. The Kier molecular flexibility index (Phi) is 6.68. The Morgan fingerprint density at radius 3 is 2.74 bits per heavy atom. The summed E-state index contributed by atoms with van der Waals surface area (Å²) < 4.78 is 9.73. The Balaban J connectivity index is 2.60. The van der Waals surface area contributed by atoms with Gasteiger partial charge in [-0.05, 0) is 25.0 Å². The van der Waals surface area contributed by atoms with Crippen LogP contribution in [0.2, 0.25) is 0 Å². The lowest BCUT2D eigenvalue weighted by atomic mass is 10.1. The minimum absolute atomic E-state index is 0.297. The van der Waals surface area contributed by atoms with E-state index in [4.69, 9.17) is 4.74 Å². The molecule has 0 saturated heterocycles. The number of hydrogen-bond donors (Lipinski definition) is 1. The van der Waals surface area contributed by atoms with Gasteiger partial charge in [0.05, 0.1) is 13.7 Å². The van der Waals surface area contributed by atoms with Crippen LogP contribution in [0, 0.1) is 0 Å². The molecule has 1 aromatic carbocycles. The van der Waals surface area contributed by atoms with E-state index in [-0.39, 0.29) is 5.97 Å². The predicted octanol–water partition coefficient (Wildman–Crippen LogP) is 2.41. The first-order chi connectivity index (χ1) is 9.19. The molecule has 0 unspecified atom stereocenters. The smallest absolute Gasteiger partial charge is 0.333 e. The summed E-state index contributed by atoms with van der Waals surface area (Å²) in [6, 6.07) is 8.08. The third-order valence-corrected chi connectivity index (χ3v) is 2.80. The Morgan fingerprint density at radius 1 is 1.32 bits per heavy atom. The highest BCUT2D eigenvalue weighted by molar-refractivity contribution is 5.87. The number of para-hydroxylation sites is 1. The Hall–Kier alpha value is -1.81. The number of ether oxygens (including phenoxy) is 2. The van der Waals surface area contributed by atoms with Gasteiger partial charge in [-0.2, -0.15) is 0 Å². The van der Waals surface area contributed by atoms with Gasteiger partial charge in [-0.15, -0.1) is 0 Å². The molecule has 0 aliphatic rings. The van der Waals surface area contributed by atoms with Gasteiger partial charge in [0.25, 0.3) is 0 Å². The molecule has 0 amide bonds. The average Bonchev–Trinajstić information content (AvgIpc) is 2.45. The van der Waals surface area contributed by atoms with Crippen LogP contribution in [-0.4, -0.2) is 33.3 Å². The second-order valence-corrected chi connectivity index (χ2v) is 4.16. The number of esters is 1. The van der Waals surface area contributed by atoms with Crippen molar-refractivity contribution in [2.45, 2.75) is 13.3 Å². The van der Waals surface area contributed by atoms with Crippen molar-refractivity contribution in [2.24, 2.45) is 0 Å². The van der Waals surface area contributed by atoms with Gasteiger partial charge in [0.1, 0.15) is 0 Å². The first-order valence-corrected chi connectivity index (χ1v) is 6.24. The molecule has 4 heteroatoms. The normalized spacial score (nSPS) is 11.2. The molecular weight excluding hydrogens is 242 g/mol. The molecule has 0 radical (unpaired) electrons. The van der Waals surface area contributed by atoms with Gasteiger partial charge >= 0.3 is 5.97 Å². The first-order valence-electron chi connectivity index (χ1n) is 6.24. The Bertz CT molecular complexity index is 441. The maximum absolute atomic E-state index is 11.2. The van der Waals surface area contributed by atoms with Gasteiger partial charge in [-0.3, -0.25) is 0 Å². The van der Waals surface area contributed by atoms with Crippen LogP contribution in [0.25, 0.3) is 0 Å². The van der Waals surface area contributed by atoms with E-state index in [0.717, 1.165) is 12.1 Å². The molecule has 104 valence electrons. The third kappa shape index (κ3) is 5.14. The number of benzene rings is 1. The van der Waals surface area contributed by atoms with Crippen LogP contribution >= 0.6 is 0 Å². The van der Waals surface area contributed by atoms with E-state index in [9.17, 15) is 4.79 Å². The molecule has 0 saturated carbocycles. The van der Waals surface area contributed by atoms with Crippen LogP contribution in [0.5, 0.6) is 0 Å². The maximum atomic E-state index is 11.2. The molecule has 0 aliphatic carbocycles. The molecule has 0 fully saturated rings. The SMILES string of the molecule is COCCc1ccccc1NC/C=C(/C)C(=O)OC. The van der Waals surface area contributed by atoms with E-state index >= 15 is 0 Å². The van der Waals surface area contributed by atoms with E-state index in [0.29, 0.717) is 18.7 Å². The van der Waals surface area contributed by atoms with Gasteiger partial charge in [-0.1, -0.05) is 24.3 Å². The van der Waals surface area contributed by atoms with Crippen LogP contribution in [-0.2, 0) is 20.7 Å². The number of carbonyl (C=O) groups is 1. The van der Waals surface area contributed by atoms with Gasteiger partial charge in [0.2, 0.25) is 0 Å². The Morgan fingerprint density at radius 2 is 2.05 bits per heavy atom. The fourth-order valence-electron chi connectivity index (χ4n) is 1.68. The lowest BCUT2D eigenvalue weighted by molar-refractivity contribution is -0.136. The molecule has 0 aromatic heterocycles. The minimum atomic E-state index is -0.297. The lowest BCUT2D eigenvalue weighted by Crippen LogP contribution is -2.07. The van der Waals surface area contributed by atoms with Crippen LogP contribution in [0.4, 0.5) is 5.69 Å². The quantitative estimate of drug-likeness (QED) is 0.606. The van der Waals surface area contributed by atoms with Gasteiger partial charge < -0.3 is 14.8 Å². The van der Waals surface area contributed by atoms with E-state index in [1.807, 2.05) is 24.3 Å². The first kappa shape index (κ1) is 15.2. The summed E-state index contributed by atoms with van der Waals surface area (Å²) in [6.07, 6.45) is 2.68. The molecule has 19 heavy (non-hydrogen) atoms. The summed E-state index contributed by atoms with van der Waals surface area (Å²) in [5.74, 6) is -0.297. The largest absolute Gasteiger partial charge is 0.466 e. The van der Waals surface area contributed by atoms with Crippen molar-refractivity contribution in [3.63, 3.8) is 0 Å². The molecule has 0 spiro atoms. The average molecular weight is 263 g/mol. The second kappa shape index (κ2) is 8.32. The number of nitrogens with one attached hydrogen (secondary N) is 1. The number of anilines is 1. The molecule has 1 N–H and O–H groups in total. The van der Waals surface area contributed by atoms with Crippen molar-refractivity contribution in [3.05, 3.63) is 41.5 Å². The molecule has 0 bridgehead atoms. The summed E-state index contributed by atoms with van der Waals surface area (Å²) in [4.78, 5) is 11.2. The standard InChI is InChI=1S/C15H21NO3/c1-12(15(17)19-3)8-10-16-14-7-5-4-6-13(14)9-11-18-2/h4-8,16H,9-11H2,1-3H3/b12-8-. The van der Waals surface area contributed by atoms with Gasteiger partial charge in [0.15, 0.2) is 0 Å². The Labute approximate surface area is 114 Å². The minimum Gasteiger partial charge on any atom is -0.466 e. The van der Waals surface area contributed by atoms with Crippen molar-refractivity contribution in [1.29, 1.82) is 0 Å². The van der Waals surface area contributed by atoms with Crippen LogP contribution in [0.15, 0.2) is 35.9 Å². The monoisotopic (exact) mass is 263 g/mol. The summed E-state index contributed by atoms with van der Waals surface area (Å²) >= 11 is 0. The lowest BCUT2D eigenvalue weighted by Gasteiger charge is -2.10. The summed E-state index contributed by atoms with van der Waals surface area (Å²) in [6.45, 7) is 3.02. The zero-order valence-electron chi connectivity index (χ0n) is 11.7. The molecule has 0 heterocycles. The molecule has 0 atom stereocenters. The molecule has 0 aliphatic heterocycles. The molecule has 1 aromatic rings. The van der Waals surface area contributed by atoms with E-state index < -0.39 is 0 Å². The van der Waals surface area contributed by atoms with Crippen molar-refractivity contribution >= 4 is 11.7 Å². The van der Waals surface area contributed by atoms with E-state index in [2.05, 4.69) is 16.1 Å². The third-order valence-electron chi connectivity index (χ3n) is 2.80. The van der Waals surface area contributed by atoms with E-state index in [1.54, 1.807) is 14.0 Å². The molecule has 4 nitrogen and oxygen atoms in total. The highest BCUT2D eigenvalue weighted by Crippen LogP contribution is 2.15. The zero-order chi connectivity index (χ0) is 14.1. The van der Waals surface area contributed by atoms with Crippen LogP contribution in [0.3, 0.4) is 0 Å². The van der Waals surface area contributed by atoms with E-state index in [1.165, 1.54) is 12.7 Å². The van der Waals surface area contributed by atoms with Crippen molar-refractivity contribution < 1.29 is 14.3 Å². The van der Waals surface area contributed by atoms with Crippen LogP contribution in [0.1, 0.15) is 12.5 Å². The van der Waals surface area contributed by atoms with Gasteiger partial charge in [-0.25, -0.2) is 4.79 Å². The predicted molar refractivity (Wildman–Crippen MR) is 76.3 cm³/mol. The molecule has 1 rings (SSSR count). The highest BCUT2D eigenvalue weighted by Gasteiger charge is 2.03. The number of carbonyl (C=O) groups excluding carboxylic acids is 1. The van der Waals surface area contributed by atoms with Crippen molar-refractivity contribution in [3.8, 4) is 0 Å². The summed E-state index contributed by atoms with van der Waals surface area (Å²) in [5.41, 5.74) is 2.87. The molecular formula is C15H21NO3. The topological polar surface area (TPSA) is 47.6 Å². The number of hydrogen-bond acceptors (Lipinski definition) is 4. The van der Waals surface area contributed by atoms with Crippen molar-refractivity contribution in [1.82, 2.24) is 0 Å². The second-order valence-electron chi connectivity index (χ2n) is 4.16. The number of rotatable bonds is 7. The summed E-state index contributed by atoms with van der Waals surface area (Å²) in [7, 11) is 3.08. The fraction of sp³-hybridized carbons (Fsp3) is 0.400. The highest BCUT2D eigenvalue weighted by atomic mass is 16.5. The summed E-state index contributed by atoms with van der Waals surface area (Å²) in [5, 5.41) is 3.29. The van der Waals surface area contributed by atoms with Crippen LogP contribution < -0.4 is 5.32 Å². The zero-order valence-corrected chi connectivity index (χ0v) is 11.7. The van der Waals surface area contributed by atoms with Gasteiger partial charge in [0, 0.05) is 24.9 Å². The fourth-order valence-corrected chi connectivity index (χ4v) is 1.68. The maximum Gasteiger partial charge on any atom is 0.333 e. The van der Waals surface area contributed by atoms with Crippen molar-refractivity contribution in [2.75, 3.05) is 32.7 Å².